The highest BCUT2D eigenvalue weighted by molar-refractivity contribution is 7.16. The Labute approximate surface area is 195 Å². The molecule has 0 saturated carbocycles. The van der Waals surface area contributed by atoms with E-state index in [0.29, 0.717) is 5.75 Å². The number of carbonyl (C=O) groups excluding carboxylic acids is 1. The van der Waals surface area contributed by atoms with Crippen molar-refractivity contribution in [2.45, 2.75) is 26.3 Å². The number of ether oxygens (including phenoxy) is 2. The normalized spacial score (nSPS) is 13.0. The Morgan fingerprint density at radius 1 is 1.15 bits per heavy atom. The standard InChI is InChI=1S/C25H23N3O4S/c1-3-17-13-18(25(33-17)28-24(29)20-5-4-10-30-20)23(27-22-11-15(2)8-9-26-22)16-6-7-19-21(12-16)32-14-31-19/h4-13,23H,3,14H2,1-2H3,(H,26,27)(H,28,29)/t23-/m0/s1. The second kappa shape index (κ2) is 8.99. The Balaban J connectivity index is 1.57. The van der Waals surface area contributed by atoms with Crippen molar-refractivity contribution in [3.05, 3.63) is 88.3 Å². The van der Waals surface area contributed by atoms with Crippen LogP contribution in [0, 0.1) is 6.92 Å². The molecule has 1 aliphatic heterocycles. The fraction of sp³-hybridized carbons (Fsp3) is 0.200. The van der Waals surface area contributed by atoms with Crippen LogP contribution in [0.4, 0.5) is 10.8 Å². The van der Waals surface area contributed by atoms with Crippen molar-refractivity contribution in [2.75, 3.05) is 17.4 Å². The summed E-state index contributed by atoms with van der Waals surface area (Å²) in [7, 11) is 0. The first-order chi connectivity index (χ1) is 16.1. The van der Waals surface area contributed by atoms with Gasteiger partial charge in [-0.3, -0.25) is 4.79 Å². The summed E-state index contributed by atoms with van der Waals surface area (Å²) in [4.78, 5) is 18.4. The maximum Gasteiger partial charge on any atom is 0.291 e. The summed E-state index contributed by atoms with van der Waals surface area (Å²) >= 11 is 1.56. The van der Waals surface area contributed by atoms with E-state index in [1.165, 1.54) is 6.26 Å². The third-order valence-corrected chi connectivity index (χ3v) is 6.59. The number of carbonyl (C=O) groups is 1. The van der Waals surface area contributed by atoms with Gasteiger partial charge in [0, 0.05) is 16.6 Å². The van der Waals surface area contributed by atoms with Crippen molar-refractivity contribution in [1.82, 2.24) is 4.98 Å². The van der Waals surface area contributed by atoms with Crippen molar-refractivity contribution >= 4 is 28.1 Å². The highest BCUT2D eigenvalue weighted by Crippen LogP contribution is 2.41. The molecule has 3 aromatic heterocycles. The van der Waals surface area contributed by atoms with Gasteiger partial charge >= 0.3 is 0 Å². The number of aryl methyl sites for hydroxylation is 2. The molecule has 8 heteroatoms. The molecule has 2 N–H and O–H groups in total. The van der Waals surface area contributed by atoms with Crippen LogP contribution in [0.25, 0.3) is 0 Å². The van der Waals surface area contributed by atoms with Crippen LogP contribution >= 0.6 is 11.3 Å². The number of nitrogens with one attached hydrogen (secondary N) is 2. The third kappa shape index (κ3) is 4.42. The lowest BCUT2D eigenvalue weighted by Crippen LogP contribution is -2.17. The van der Waals surface area contributed by atoms with E-state index < -0.39 is 0 Å². The van der Waals surface area contributed by atoms with Gasteiger partial charge in [-0.05, 0) is 66.9 Å². The van der Waals surface area contributed by atoms with Gasteiger partial charge in [0.05, 0.1) is 12.3 Å². The smallest absolute Gasteiger partial charge is 0.291 e. The molecule has 0 unspecified atom stereocenters. The van der Waals surface area contributed by atoms with Gasteiger partial charge in [-0.15, -0.1) is 11.3 Å². The summed E-state index contributed by atoms with van der Waals surface area (Å²) in [6, 6.07) is 15.0. The fourth-order valence-corrected chi connectivity index (χ4v) is 4.74. The SMILES string of the molecule is CCc1cc([C@@H](Nc2cc(C)ccn2)c2ccc3c(c2)OCO3)c(NC(=O)c2ccco2)s1. The number of fused-ring (bicyclic) bond motifs is 1. The molecule has 5 rings (SSSR count). The van der Waals surface area contributed by atoms with Crippen LogP contribution in [0.5, 0.6) is 11.5 Å². The summed E-state index contributed by atoms with van der Waals surface area (Å²) < 4.78 is 16.4. The van der Waals surface area contributed by atoms with Gasteiger partial charge in [0.1, 0.15) is 10.8 Å². The number of benzene rings is 1. The molecular formula is C25H23N3O4S. The zero-order chi connectivity index (χ0) is 22.8. The lowest BCUT2D eigenvalue weighted by molar-refractivity contribution is 0.0997. The van der Waals surface area contributed by atoms with Crippen LogP contribution in [0.2, 0.25) is 0 Å². The fourth-order valence-electron chi connectivity index (χ4n) is 3.71. The summed E-state index contributed by atoms with van der Waals surface area (Å²) in [5.74, 6) is 2.13. The van der Waals surface area contributed by atoms with Crippen LogP contribution in [0.15, 0.2) is 65.4 Å². The summed E-state index contributed by atoms with van der Waals surface area (Å²) in [6.45, 7) is 4.33. The number of hydrogen-bond donors (Lipinski definition) is 2. The quantitative estimate of drug-likeness (QED) is 0.362. The molecule has 0 fully saturated rings. The van der Waals surface area contributed by atoms with Crippen LogP contribution in [0.3, 0.4) is 0 Å². The number of nitrogens with zero attached hydrogens (tertiary/aromatic N) is 1. The first-order valence-corrected chi connectivity index (χ1v) is 11.5. The minimum atomic E-state index is -0.288. The predicted molar refractivity (Wildman–Crippen MR) is 127 cm³/mol. The summed E-state index contributed by atoms with van der Waals surface area (Å²) in [5, 5.41) is 7.35. The first-order valence-electron chi connectivity index (χ1n) is 10.7. The lowest BCUT2D eigenvalue weighted by Gasteiger charge is -2.21. The minimum absolute atomic E-state index is 0.208. The van der Waals surface area contributed by atoms with Crippen molar-refractivity contribution < 1.29 is 18.7 Å². The van der Waals surface area contributed by atoms with E-state index in [0.717, 1.165) is 44.6 Å². The Kier molecular flexibility index (Phi) is 5.75. The Morgan fingerprint density at radius 2 is 2.03 bits per heavy atom. The molecule has 1 aliphatic rings. The molecule has 0 radical (unpaired) electrons. The summed E-state index contributed by atoms with van der Waals surface area (Å²) in [5.41, 5.74) is 3.01. The van der Waals surface area contributed by atoms with Gasteiger partial charge in [0.2, 0.25) is 6.79 Å². The molecular weight excluding hydrogens is 438 g/mol. The van der Waals surface area contributed by atoms with Crippen LogP contribution < -0.4 is 20.1 Å². The molecule has 7 nitrogen and oxygen atoms in total. The molecule has 4 aromatic rings. The van der Waals surface area contributed by atoms with Crippen molar-refractivity contribution in [3.63, 3.8) is 0 Å². The molecule has 0 bridgehead atoms. The maximum atomic E-state index is 12.8. The lowest BCUT2D eigenvalue weighted by atomic mass is 9.99. The highest BCUT2D eigenvalue weighted by Gasteiger charge is 2.25. The van der Waals surface area contributed by atoms with Crippen molar-refractivity contribution in [2.24, 2.45) is 0 Å². The molecule has 0 saturated heterocycles. The molecule has 4 heterocycles. The largest absolute Gasteiger partial charge is 0.459 e. The van der Waals surface area contributed by atoms with Gasteiger partial charge in [0.15, 0.2) is 17.3 Å². The molecule has 1 aromatic carbocycles. The maximum absolute atomic E-state index is 12.8. The average molecular weight is 462 g/mol. The van der Waals surface area contributed by atoms with E-state index >= 15 is 0 Å². The number of furan rings is 1. The average Bonchev–Trinajstić information content (AvgIpc) is 3.58. The van der Waals surface area contributed by atoms with Crippen molar-refractivity contribution in [1.29, 1.82) is 0 Å². The second-order valence-electron chi connectivity index (χ2n) is 7.69. The monoisotopic (exact) mass is 461 g/mol. The topological polar surface area (TPSA) is 85.6 Å². The van der Waals surface area contributed by atoms with Gasteiger partial charge in [-0.2, -0.15) is 0 Å². The Morgan fingerprint density at radius 3 is 2.82 bits per heavy atom. The molecule has 0 spiro atoms. The first kappa shape index (κ1) is 21.1. The van der Waals surface area contributed by atoms with Crippen LogP contribution in [-0.4, -0.2) is 17.7 Å². The number of thiophene rings is 1. The van der Waals surface area contributed by atoms with E-state index in [1.807, 2.05) is 37.3 Å². The van der Waals surface area contributed by atoms with Gasteiger partial charge in [-0.25, -0.2) is 4.98 Å². The number of anilines is 2. The number of aromatic nitrogens is 1. The number of amides is 1. The van der Waals surface area contributed by atoms with E-state index in [4.69, 9.17) is 13.9 Å². The number of pyridine rings is 1. The van der Waals surface area contributed by atoms with Gasteiger partial charge in [0.25, 0.3) is 5.91 Å². The zero-order valence-electron chi connectivity index (χ0n) is 18.3. The number of hydrogen-bond acceptors (Lipinski definition) is 7. The van der Waals surface area contributed by atoms with E-state index in [-0.39, 0.29) is 24.5 Å². The van der Waals surface area contributed by atoms with Crippen LogP contribution in [0.1, 0.15) is 45.1 Å². The molecule has 0 aliphatic carbocycles. The summed E-state index contributed by atoms with van der Waals surface area (Å²) in [6.07, 6.45) is 4.12. The van der Waals surface area contributed by atoms with E-state index in [1.54, 1.807) is 29.7 Å². The predicted octanol–water partition coefficient (Wildman–Crippen LogP) is 5.79. The zero-order valence-corrected chi connectivity index (χ0v) is 19.1. The Bertz CT molecular complexity index is 1280. The number of rotatable bonds is 7. The Hall–Kier alpha value is -3.78. The van der Waals surface area contributed by atoms with E-state index in [2.05, 4.69) is 28.6 Å². The van der Waals surface area contributed by atoms with Crippen LogP contribution in [-0.2, 0) is 6.42 Å². The highest BCUT2D eigenvalue weighted by atomic mass is 32.1. The minimum Gasteiger partial charge on any atom is -0.459 e. The van der Waals surface area contributed by atoms with E-state index in [9.17, 15) is 4.79 Å². The molecule has 1 amide bonds. The van der Waals surface area contributed by atoms with Gasteiger partial charge < -0.3 is 24.5 Å². The van der Waals surface area contributed by atoms with Crippen molar-refractivity contribution in [3.8, 4) is 11.5 Å². The molecule has 1 atom stereocenters. The third-order valence-electron chi connectivity index (χ3n) is 5.38. The molecule has 168 valence electrons. The molecule has 33 heavy (non-hydrogen) atoms. The second-order valence-corrected chi connectivity index (χ2v) is 8.83. The van der Waals surface area contributed by atoms with Gasteiger partial charge in [-0.1, -0.05) is 13.0 Å².